The van der Waals surface area contributed by atoms with Gasteiger partial charge in [0.1, 0.15) is 0 Å². The first-order valence-electron chi connectivity index (χ1n) is 7.14. The summed E-state index contributed by atoms with van der Waals surface area (Å²) < 4.78 is 25.0. The molecule has 0 saturated heterocycles. The third-order valence-corrected chi connectivity index (χ3v) is 4.10. The zero-order valence-electron chi connectivity index (χ0n) is 13.2. The quantitative estimate of drug-likeness (QED) is 0.754. The van der Waals surface area contributed by atoms with Crippen molar-refractivity contribution in [3.63, 3.8) is 0 Å². The molecular weight excluding hydrogens is 350 g/mol. The van der Waals surface area contributed by atoms with Crippen molar-refractivity contribution < 1.29 is 13.2 Å². The van der Waals surface area contributed by atoms with Crippen molar-refractivity contribution in [3.05, 3.63) is 59.1 Å². The van der Waals surface area contributed by atoms with E-state index in [1.54, 1.807) is 55.5 Å². The fourth-order valence-corrected chi connectivity index (χ4v) is 2.82. The number of carbonyl (C=O) groups excluding carboxylic acids is 1. The van der Waals surface area contributed by atoms with Crippen LogP contribution in [0.3, 0.4) is 0 Å². The van der Waals surface area contributed by atoms with Crippen LogP contribution in [0, 0.1) is 0 Å². The Morgan fingerprint density at radius 1 is 1.12 bits per heavy atom. The summed E-state index contributed by atoms with van der Waals surface area (Å²) in [6.45, 7) is 1.80. The molecule has 2 aromatic carbocycles. The minimum absolute atomic E-state index is 0.325. The standard InChI is InChI=1S/C16H18ClN3O3S/c1-11(12-6-5-7-13(10-12)20-24(2,22)23)18-16(21)19-15-9-4-3-8-14(15)17/h3-11,20H,1-2H3,(H2,18,19,21)/t11-/m1/s1. The molecule has 0 aromatic heterocycles. The van der Waals surface area contributed by atoms with E-state index in [1.165, 1.54) is 0 Å². The Morgan fingerprint density at radius 2 is 1.83 bits per heavy atom. The minimum Gasteiger partial charge on any atom is -0.331 e. The molecule has 0 heterocycles. The Hall–Kier alpha value is -2.25. The van der Waals surface area contributed by atoms with Gasteiger partial charge in [-0.3, -0.25) is 4.72 Å². The van der Waals surface area contributed by atoms with Gasteiger partial charge in [0.25, 0.3) is 0 Å². The second kappa shape index (κ2) is 7.55. The summed E-state index contributed by atoms with van der Waals surface area (Å²) in [7, 11) is -3.35. The number of carbonyl (C=O) groups is 1. The van der Waals surface area contributed by atoms with Gasteiger partial charge in [-0.1, -0.05) is 35.9 Å². The number of nitrogens with one attached hydrogen (secondary N) is 3. The highest BCUT2D eigenvalue weighted by Crippen LogP contribution is 2.21. The highest BCUT2D eigenvalue weighted by Gasteiger charge is 2.12. The van der Waals surface area contributed by atoms with E-state index in [4.69, 9.17) is 11.6 Å². The molecule has 8 heteroatoms. The number of benzene rings is 2. The number of hydrogen-bond acceptors (Lipinski definition) is 3. The molecule has 0 bridgehead atoms. The average molecular weight is 368 g/mol. The van der Waals surface area contributed by atoms with Crippen LogP contribution in [0.1, 0.15) is 18.5 Å². The Morgan fingerprint density at radius 3 is 2.50 bits per heavy atom. The molecule has 24 heavy (non-hydrogen) atoms. The summed E-state index contributed by atoms with van der Waals surface area (Å²) in [6.07, 6.45) is 1.08. The molecule has 6 nitrogen and oxygen atoms in total. The Kier molecular flexibility index (Phi) is 5.69. The van der Waals surface area contributed by atoms with E-state index < -0.39 is 16.1 Å². The number of urea groups is 1. The van der Waals surface area contributed by atoms with Crippen LogP contribution in [0.5, 0.6) is 0 Å². The van der Waals surface area contributed by atoms with E-state index in [2.05, 4.69) is 15.4 Å². The van der Waals surface area contributed by atoms with Crippen LogP contribution in [0.4, 0.5) is 16.2 Å². The van der Waals surface area contributed by atoms with Crippen molar-refractivity contribution in [2.75, 3.05) is 16.3 Å². The highest BCUT2D eigenvalue weighted by atomic mass is 35.5. The average Bonchev–Trinajstić information content (AvgIpc) is 2.48. The first-order valence-corrected chi connectivity index (χ1v) is 9.41. The normalized spacial score (nSPS) is 12.3. The van der Waals surface area contributed by atoms with E-state index in [9.17, 15) is 13.2 Å². The van der Waals surface area contributed by atoms with Gasteiger partial charge in [-0.2, -0.15) is 0 Å². The Bertz CT molecular complexity index is 840. The largest absolute Gasteiger partial charge is 0.331 e. The van der Waals surface area contributed by atoms with Gasteiger partial charge in [0.2, 0.25) is 10.0 Å². The number of halogens is 1. The lowest BCUT2D eigenvalue weighted by atomic mass is 10.1. The summed E-state index contributed by atoms with van der Waals surface area (Å²) in [5, 5.41) is 5.89. The maximum atomic E-state index is 12.1. The summed E-state index contributed by atoms with van der Waals surface area (Å²) in [5.41, 5.74) is 1.71. The van der Waals surface area contributed by atoms with Gasteiger partial charge in [0, 0.05) is 5.69 Å². The Labute approximate surface area is 146 Å². The smallest absolute Gasteiger partial charge is 0.319 e. The van der Waals surface area contributed by atoms with Crippen LogP contribution in [-0.4, -0.2) is 20.7 Å². The molecule has 0 fully saturated rings. The Balaban J connectivity index is 2.04. The van der Waals surface area contributed by atoms with Crippen LogP contribution >= 0.6 is 11.6 Å². The fraction of sp³-hybridized carbons (Fsp3) is 0.188. The monoisotopic (exact) mass is 367 g/mol. The van der Waals surface area contributed by atoms with Gasteiger partial charge < -0.3 is 10.6 Å². The number of para-hydroxylation sites is 1. The first kappa shape index (κ1) is 18.1. The molecule has 2 rings (SSSR count). The molecule has 3 N–H and O–H groups in total. The summed E-state index contributed by atoms with van der Waals surface area (Å²) in [5.74, 6) is 0. The van der Waals surface area contributed by atoms with E-state index in [-0.39, 0.29) is 6.04 Å². The summed E-state index contributed by atoms with van der Waals surface area (Å²) >= 11 is 6.00. The summed E-state index contributed by atoms with van der Waals surface area (Å²) in [4.78, 5) is 12.1. The van der Waals surface area contributed by atoms with Crippen molar-refractivity contribution in [1.82, 2.24) is 5.32 Å². The van der Waals surface area contributed by atoms with Gasteiger partial charge >= 0.3 is 6.03 Å². The van der Waals surface area contributed by atoms with Crippen LogP contribution in [0.15, 0.2) is 48.5 Å². The zero-order chi connectivity index (χ0) is 17.7. The lowest BCUT2D eigenvalue weighted by Gasteiger charge is -2.16. The lowest BCUT2D eigenvalue weighted by molar-refractivity contribution is 0.249. The van der Waals surface area contributed by atoms with E-state index in [1.807, 2.05) is 0 Å². The van der Waals surface area contributed by atoms with Gasteiger partial charge in [-0.25, -0.2) is 13.2 Å². The second-order valence-electron chi connectivity index (χ2n) is 5.30. The molecule has 0 spiro atoms. The summed E-state index contributed by atoms with van der Waals surface area (Å²) in [6, 6.07) is 13.0. The van der Waals surface area contributed by atoms with Crippen molar-refractivity contribution >= 4 is 39.0 Å². The molecule has 0 radical (unpaired) electrons. The zero-order valence-corrected chi connectivity index (χ0v) is 14.8. The lowest BCUT2D eigenvalue weighted by Crippen LogP contribution is -2.31. The molecule has 0 aliphatic heterocycles. The molecule has 0 aliphatic rings. The molecule has 128 valence electrons. The van der Waals surface area contributed by atoms with Crippen molar-refractivity contribution in [3.8, 4) is 0 Å². The second-order valence-corrected chi connectivity index (χ2v) is 7.46. The number of amides is 2. The molecular formula is C16H18ClN3O3S. The number of sulfonamides is 1. The van der Waals surface area contributed by atoms with E-state index in [0.717, 1.165) is 11.8 Å². The third-order valence-electron chi connectivity index (χ3n) is 3.16. The van der Waals surface area contributed by atoms with Crippen LogP contribution < -0.4 is 15.4 Å². The maximum Gasteiger partial charge on any atom is 0.319 e. The molecule has 0 aliphatic carbocycles. The van der Waals surface area contributed by atoms with Gasteiger partial charge in [-0.05, 0) is 36.8 Å². The van der Waals surface area contributed by atoms with E-state index >= 15 is 0 Å². The predicted octanol–water partition coefficient (Wildman–Crippen LogP) is 3.59. The SMILES string of the molecule is C[C@@H](NC(=O)Nc1ccccc1Cl)c1cccc(NS(C)(=O)=O)c1. The van der Waals surface area contributed by atoms with Crippen LogP contribution in [0.2, 0.25) is 5.02 Å². The van der Waals surface area contributed by atoms with Gasteiger partial charge in [0.05, 0.1) is 23.0 Å². The molecule has 0 saturated carbocycles. The van der Waals surface area contributed by atoms with Crippen molar-refractivity contribution in [2.45, 2.75) is 13.0 Å². The minimum atomic E-state index is -3.35. The number of anilines is 2. The predicted molar refractivity (Wildman–Crippen MR) is 96.9 cm³/mol. The highest BCUT2D eigenvalue weighted by molar-refractivity contribution is 7.92. The van der Waals surface area contributed by atoms with E-state index in [0.29, 0.717) is 16.4 Å². The number of rotatable bonds is 5. The third kappa shape index (κ3) is 5.43. The molecule has 2 aromatic rings. The topological polar surface area (TPSA) is 87.3 Å². The number of hydrogen-bond donors (Lipinski definition) is 3. The first-order chi connectivity index (χ1) is 11.2. The van der Waals surface area contributed by atoms with Crippen molar-refractivity contribution in [2.24, 2.45) is 0 Å². The van der Waals surface area contributed by atoms with Crippen molar-refractivity contribution in [1.29, 1.82) is 0 Å². The van der Waals surface area contributed by atoms with Gasteiger partial charge in [-0.15, -0.1) is 0 Å². The molecule has 1 atom stereocenters. The maximum absolute atomic E-state index is 12.1. The van der Waals surface area contributed by atoms with Crippen LogP contribution in [-0.2, 0) is 10.0 Å². The van der Waals surface area contributed by atoms with Gasteiger partial charge in [0.15, 0.2) is 0 Å². The molecule has 2 amide bonds. The molecule has 0 unspecified atom stereocenters. The fourth-order valence-electron chi connectivity index (χ4n) is 2.09. The van der Waals surface area contributed by atoms with Crippen LogP contribution in [0.25, 0.3) is 0 Å².